The summed E-state index contributed by atoms with van der Waals surface area (Å²) in [7, 11) is 0. The first-order chi connectivity index (χ1) is 63.3. The maximum Gasteiger partial charge on any atom is 0.339 e. The van der Waals surface area contributed by atoms with Crippen molar-refractivity contribution >= 4 is 53.5 Å². The Balaban J connectivity index is 0.0000000996. The Labute approximate surface area is 773 Å². The van der Waals surface area contributed by atoms with Gasteiger partial charge in [0, 0.05) is 65.1 Å². The minimum Gasteiger partial charge on any atom is -0.507 e. The number of aromatic hydroxyl groups is 1. The number of Topliss-reactive ketones (excluding diaryl/α,β-unsaturated/α-hetero) is 1. The highest BCUT2D eigenvalue weighted by Crippen LogP contribution is 2.72. The molecule has 28 aliphatic carbocycles. The maximum atomic E-state index is 13.6. The van der Waals surface area contributed by atoms with E-state index in [4.69, 9.17) is 48.1 Å². The van der Waals surface area contributed by atoms with Crippen LogP contribution in [0.25, 0.3) is 0 Å². The van der Waals surface area contributed by atoms with Gasteiger partial charge >= 0.3 is 59.6 Å². The van der Waals surface area contributed by atoms with Crippen molar-refractivity contribution in [2.45, 2.75) is 296 Å². The topological polar surface area (TPSA) is 511 Å². The van der Waals surface area contributed by atoms with Crippen LogP contribution in [0.3, 0.4) is 0 Å². The second kappa shape index (κ2) is 34.5. The molecule has 0 aromatic heterocycles. The summed E-state index contributed by atoms with van der Waals surface area (Å²) < 4.78 is 101. The Hall–Kier alpha value is -6.35. The zero-order chi connectivity index (χ0) is 95.2. The molecule has 134 heavy (non-hydrogen) atoms. The number of carbonyl (C=O) groups is 9. The zero-order valence-corrected chi connectivity index (χ0v) is 75.9. The van der Waals surface area contributed by atoms with Crippen molar-refractivity contribution in [1.29, 1.82) is 0 Å². The number of aromatic carboxylic acids is 1. The standard InChI is InChI=1S/C15H18F4O4.C15H22O6.C15H22O5.C14H20O5.C11H16O3.C11H14O3.C11H16O2.C7H6O3/c16-13(17)6-22-15(23-7-14(13,18)19)9-1-8-2-10(15)5-12(3-8,4-9)11(20)21;16-6-11-12(7-17)21-15(20-11)9-1-8-2-10(15)5-14(3-8,4-9)13(18)19;16-6-10-7-19-15(20-8-10)11-1-9-2-12(15)5-14(3-9,4-11)13(17)18;15-6-11-7-18-14(19-11)9-1-8-2-10(14)5-13(3-8,4-9)12(16)17;12-9(13)10-2-7-1-8(3-10)5-11(14,4-7)6-10;12-9-7-1-6-2-8(9)5-11(3-6,4-7)10(13)14;12-10(13)11-4-7-1-8(5-11)3-9(2-7)6-11;8-6-4-2-1-3-5(6)7(9)10/h8-10H,1-7H2,(H,20,21);8-12,16-17H,1-7H2,(H,18,19);9-12,16H,1-8H2,(H,17,18);8-11,15H,1-7H2,(H,16,17);7-8,14H,1-6H2,(H,12,13);6-8H,1-5H2,(H,13,14);7-9H,1-6H2,(H,12,13);1-4,8H,(H,9,10). The van der Waals surface area contributed by atoms with Gasteiger partial charge < -0.3 is 109 Å². The Morgan fingerprint density at radius 2 is 0.619 bits per heavy atom. The van der Waals surface area contributed by atoms with E-state index in [2.05, 4.69) is 0 Å². The van der Waals surface area contributed by atoms with Crippen LogP contribution in [-0.4, -0.2) is 243 Å². The van der Waals surface area contributed by atoms with E-state index in [1.54, 1.807) is 12.1 Å². The van der Waals surface area contributed by atoms with Crippen molar-refractivity contribution in [3.63, 3.8) is 0 Å². The van der Waals surface area contributed by atoms with Gasteiger partial charge in [0.15, 0.2) is 23.1 Å². The maximum absolute atomic E-state index is 13.6. The van der Waals surface area contributed by atoms with Crippen LogP contribution >= 0.6 is 0 Å². The van der Waals surface area contributed by atoms with Gasteiger partial charge in [-0.05, 0) is 309 Å². The fourth-order valence-corrected chi connectivity index (χ4v) is 35.0. The first-order valence-electron chi connectivity index (χ1n) is 49.6. The summed E-state index contributed by atoms with van der Waals surface area (Å²) >= 11 is 0. The number of aliphatic carboxylic acids is 7. The molecular weight excluding hydrogens is 1760 g/mol. The molecule has 35 heteroatoms. The molecule has 4 heterocycles. The lowest BCUT2D eigenvalue weighted by atomic mass is 9.47. The van der Waals surface area contributed by atoms with Crippen molar-refractivity contribution < 1.29 is 170 Å². The lowest BCUT2D eigenvalue weighted by molar-refractivity contribution is -0.375. The first-order valence-corrected chi connectivity index (χ1v) is 49.6. The molecule has 4 aliphatic heterocycles. The van der Waals surface area contributed by atoms with Gasteiger partial charge in [-0.15, -0.1) is 0 Å². The van der Waals surface area contributed by atoms with E-state index in [9.17, 15) is 122 Å². The molecule has 31 nitrogen and oxygen atoms in total. The molecule has 0 amide bonds. The Morgan fingerprint density at radius 3 is 0.933 bits per heavy atom. The molecule has 1 aromatic rings. The second-order valence-electron chi connectivity index (χ2n) is 47.6. The summed E-state index contributed by atoms with van der Waals surface area (Å²) in [6.07, 6.45) is 29.2. The number of para-hydroxylation sites is 1. The van der Waals surface area contributed by atoms with Gasteiger partial charge in [0.1, 0.15) is 48.6 Å². The summed E-state index contributed by atoms with van der Waals surface area (Å²) in [6, 6.07) is 5.81. The Kier molecular flexibility index (Phi) is 24.9. The average molecular weight is 1900 g/mol. The predicted molar refractivity (Wildman–Crippen MR) is 453 cm³/mol. The molecule has 14 N–H and O–H groups in total. The molecule has 15 atom stereocenters. The number of halogens is 4. The van der Waals surface area contributed by atoms with E-state index in [1.807, 2.05) is 0 Å². The third-order valence-electron chi connectivity index (χ3n) is 39.0. The molecule has 4 saturated heterocycles. The van der Waals surface area contributed by atoms with Gasteiger partial charge in [-0.1, -0.05) is 12.1 Å². The molecule has 0 radical (unpaired) electrons. The predicted octanol–water partition coefficient (Wildman–Crippen LogP) is 11.8. The number of aliphatic hydroxyl groups is 5. The van der Waals surface area contributed by atoms with Crippen molar-refractivity contribution in [2.75, 3.05) is 59.5 Å². The van der Waals surface area contributed by atoms with Crippen LogP contribution < -0.4 is 0 Å². The summed E-state index contributed by atoms with van der Waals surface area (Å²) in [5.41, 5.74) is -4.64. The quantitative estimate of drug-likeness (QED) is 0.0864. The van der Waals surface area contributed by atoms with Gasteiger partial charge in [0.05, 0.1) is 89.8 Å². The van der Waals surface area contributed by atoms with E-state index in [1.165, 1.54) is 31.4 Å². The summed E-state index contributed by atoms with van der Waals surface area (Å²) in [5.74, 6) is -12.0. The highest BCUT2D eigenvalue weighted by molar-refractivity contribution is 5.91. The third kappa shape index (κ3) is 16.2. The van der Waals surface area contributed by atoms with E-state index >= 15 is 0 Å². The van der Waals surface area contributed by atoms with Crippen LogP contribution in [0.15, 0.2) is 24.3 Å². The van der Waals surface area contributed by atoms with Crippen LogP contribution in [-0.2, 0) is 76.3 Å². The summed E-state index contributed by atoms with van der Waals surface area (Å²) in [4.78, 5) is 103. The van der Waals surface area contributed by atoms with Crippen LogP contribution in [0.5, 0.6) is 5.75 Å². The van der Waals surface area contributed by atoms with Gasteiger partial charge in [-0.2, -0.15) is 17.6 Å². The van der Waals surface area contributed by atoms with Crippen molar-refractivity contribution in [2.24, 2.45) is 162 Å². The van der Waals surface area contributed by atoms with Crippen molar-refractivity contribution in [3.05, 3.63) is 29.8 Å². The van der Waals surface area contributed by atoms with Gasteiger partial charge in [0.25, 0.3) is 0 Å². The number of ether oxygens (including phenoxy) is 8. The smallest absolute Gasteiger partial charge is 0.339 e. The fourth-order valence-electron chi connectivity index (χ4n) is 35.0. The van der Waals surface area contributed by atoms with Crippen LogP contribution in [0.2, 0.25) is 0 Å². The molecule has 32 aliphatic rings. The monoisotopic (exact) mass is 1890 g/mol. The summed E-state index contributed by atoms with van der Waals surface area (Å²) in [6.45, 7) is -1.56. The van der Waals surface area contributed by atoms with E-state index < -0.39 is 158 Å². The summed E-state index contributed by atoms with van der Waals surface area (Å²) in [5, 5.41) is 131. The normalized spacial score (nSPS) is 48.9. The van der Waals surface area contributed by atoms with E-state index in [-0.39, 0.29) is 121 Å². The first kappa shape index (κ1) is 96.5. The third-order valence-corrected chi connectivity index (χ3v) is 39.0. The zero-order valence-electron chi connectivity index (χ0n) is 75.9. The number of benzene rings is 1. The molecular formula is C99H134F4O31. The number of phenols is 1. The number of ketones is 1. The number of rotatable bonds is 12. The highest BCUT2D eigenvalue weighted by atomic mass is 19.3. The minimum absolute atomic E-state index is 0.0192. The molecule has 33 rings (SSSR count). The molecule has 28 saturated carbocycles. The molecule has 15 unspecified atom stereocenters. The average Bonchev–Trinajstić information content (AvgIpc) is 0.842. The number of hydrogen-bond donors (Lipinski definition) is 14. The molecule has 28 bridgehead atoms. The lowest BCUT2D eigenvalue weighted by Gasteiger charge is -2.64. The largest absolute Gasteiger partial charge is 0.507 e. The second-order valence-corrected chi connectivity index (χ2v) is 47.6. The number of hydrogen-bond acceptors (Lipinski definition) is 23. The Morgan fingerprint density at radius 1 is 0.321 bits per heavy atom. The Bertz CT molecular complexity index is 4530. The van der Waals surface area contributed by atoms with Gasteiger partial charge in [-0.25, -0.2) is 4.79 Å². The molecule has 744 valence electrons. The number of carboxylic acid groups (broad SMARTS) is 8. The van der Waals surface area contributed by atoms with Gasteiger partial charge in [0.2, 0.25) is 0 Å². The van der Waals surface area contributed by atoms with Gasteiger partial charge in [-0.3, -0.25) is 38.4 Å². The van der Waals surface area contributed by atoms with Crippen molar-refractivity contribution in [3.8, 4) is 5.75 Å². The number of aliphatic hydroxyl groups excluding tert-OH is 4. The van der Waals surface area contributed by atoms with Crippen LogP contribution in [0, 0.1) is 162 Å². The number of carbonyl (C=O) groups excluding carboxylic acids is 1. The van der Waals surface area contributed by atoms with Crippen LogP contribution in [0.1, 0.15) is 248 Å². The molecule has 32 fully saturated rings. The van der Waals surface area contributed by atoms with Crippen molar-refractivity contribution in [1.82, 2.24) is 0 Å². The number of alkyl halides is 4. The lowest BCUT2D eigenvalue weighted by Crippen LogP contribution is -2.66. The SMILES string of the molecule is O=C(O)C12CC3CC(C1)C1(OC(CO)C(CO)O1)C(C3)C2.O=C(O)C12CC3CC(C1)C1(OCC(CO)CO1)C(C3)C2.O=C(O)C12CC3CC(C1)C1(OCC(CO)O1)C(C3)C2.O=C(O)C12CC3CC(C1)C1(OCC(F)(F)C(F)(F)CO1)C(C3)C2.O=C(O)C12CC3CC(CC(C3)C1)C2.O=C(O)C12CC3CC(CC(O)(C3)C1)C2.O=C(O)c1ccccc1O.O=C1C2CC3CC1CC(C(=O)O)(C3)C2. The van der Waals surface area contributed by atoms with E-state index in [0.717, 1.165) is 146 Å². The highest BCUT2D eigenvalue weighted by Gasteiger charge is 2.75. The van der Waals surface area contributed by atoms with E-state index in [0.29, 0.717) is 138 Å². The van der Waals surface area contributed by atoms with Crippen LogP contribution in [0.4, 0.5) is 17.6 Å². The molecule has 1 aromatic carbocycles. The molecule has 4 spiro atoms. The fraction of sp³-hybridized carbons (Fsp3) is 0.848. The number of carboxylic acids is 8. The minimum atomic E-state index is -4.28.